The van der Waals surface area contributed by atoms with E-state index >= 15 is 0 Å². The molecule has 1 N–H and O–H groups in total. The fourth-order valence-corrected chi connectivity index (χ4v) is 8.20. The molecule has 3 aliphatic rings. The van der Waals surface area contributed by atoms with Crippen molar-refractivity contribution in [3.63, 3.8) is 0 Å². The second-order valence-electron chi connectivity index (χ2n) is 10.4. The van der Waals surface area contributed by atoms with Gasteiger partial charge in [-0.05, 0) is 70.4 Å². The number of likely N-dealkylation sites (tertiary alicyclic amines) is 1. The first-order chi connectivity index (χ1) is 16.2. The number of aryl methyl sites for hydroxylation is 3. The van der Waals surface area contributed by atoms with Crippen LogP contribution < -0.4 is 5.32 Å². The molecule has 8 heteroatoms. The average molecular weight is 490 g/mol. The number of hydrogen-bond donors (Lipinski definition) is 1. The molecule has 0 aromatic heterocycles. The molecule has 1 saturated carbocycles. The van der Waals surface area contributed by atoms with E-state index < -0.39 is 16.1 Å². The van der Waals surface area contributed by atoms with E-state index in [1.54, 1.807) is 0 Å². The van der Waals surface area contributed by atoms with Gasteiger partial charge in [-0.15, -0.1) is 0 Å². The Labute approximate surface area is 204 Å². The zero-order valence-electron chi connectivity index (χ0n) is 20.8. The predicted octanol–water partition coefficient (Wildman–Crippen LogP) is 3.45. The Morgan fingerprint density at radius 3 is 2.09 bits per heavy atom. The van der Waals surface area contributed by atoms with E-state index in [-0.39, 0.29) is 23.8 Å². The van der Waals surface area contributed by atoms with Crippen molar-refractivity contribution in [3.8, 4) is 0 Å². The summed E-state index contributed by atoms with van der Waals surface area (Å²) in [6, 6.07) is 3.07. The number of nitrogens with one attached hydrogen (secondary N) is 1. The molecule has 4 rings (SSSR count). The smallest absolute Gasteiger partial charge is 0.244 e. The topological polar surface area (TPSA) is 86.8 Å². The van der Waals surface area contributed by atoms with Crippen molar-refractivity contribution in [1.82, 2.24) is 14.5 Å². The summed E-state index contributed by atoms with van der Waals surface area (Å²) < 4.78 is 28.5. The van der Waals surface area contributed by atoms with Gasteiger partial charge in [0.1, 0.15) is 6.04 Å². The van der Waals surface area contributed by atoms with E-state index in [9.17, 15) is 18.0 Å². The van der Waals surface area contributed by atoms with Crippen molar-refractivity contribution >= 4 is 21.8 Å². The van der Waals surface area contributed by atoms with Gasteiger partial charge in [-0.3, -0.25) is 9.59 Å². The minimum absolute atomic E-state index is 0.0177. The zero-order valence-corrected chi connectivity index (χ0v) is 21.6. The molecular formula is C26H39N3O4S. The fourth-order valence-electron chi connectivity index (χ4n) is 6.13. The van der Waals surface area contributed by atoms with Crippen LogP contribution in [0.5, 0.6) is 0 Å². The van der Waals surface area contributed by atoms with Crippen molar-refractivity contribution in [3.05, 3.63) is 28.8 Å². The number of nitrogens with zero attached hydrogens (tertiary/aromatic N) is 2. The molecule has 7 nitrogen and oxygen atoms in total. The van der Waals surface area contributed by atoms with E-state index in [0.717, 1.165) is 55.2 Å². The number of hydrogen-bond acceptors (Lipinski definition) is 4. The molecule has 0 spiro atoms. The molecule has 188 valence electrons. The summed E-state index contributed by atoms with van der Waals surface area (Å²) in [5, 5.41) is 3.11. The SMILES string of the molecule is Cc1cc(C)c(S(=O)(=O)N2CCCC2C(=O)NC2CCN(C(=O)C3CCCCC3)CC2)c(C)c1. The number of piperidine rings is 1. The van der Waals surface area contributed by atoms with Crippen LogP contribution in [0.4, 0.5) is 0 Å². The highest BCUT2D eigenvalue weighted by Gasteiger charge is 2.41. The van der Waals surface area contributed by atoms with Crippen molar-refractivity contribution in [2.75, 3.05) is 19.6 Å². The Bertz CT molecular complexity index is 1000. The predicted molar refractivity (Wildman–Crippen MR) is 132 cm³/mol. The Morgan fingerprint density at radius 2 is 1.47 bits per heavy atom. The fraction of sp³-hybridized carbons (Fsp3) is 0.692. The van der Waals surface area contributed by atoms with Gasteiger partial charge in [0.05, 0.1) is 4.90 Å². The Kier molecular flexibility index (Phi) is 7.67. The van der Waals surface area contributed by atoms with E-state index in [1.165, 1.54) is 10.7 Å². The highest BCUT2D eigenvalue weighted by Crippen LogP contribution is 2.31. The highest BCUT2D eigenvalue weighted by atomic mass is 32.2. The lowest BCUT2D eigenvalue weighted by Gasteiger charge is -2.36. The molecule has 2 aliphatic heterocycles. The minimum Gasteiger partial charge on any atom is -0.352 e. The van der Waals surface area contributed by atoms with E-state index in [2.05, 4.69) is 5.32 Å². The summed E-state index contributed by atoms with van der Waals surface area (Å²) in [6.07, 6.45) is 8.18. The van der Waals surface area contributed by atoms with Crippen LogP contribution in [0, 0.1) is 26.7 Å². The quantitative estimate of drug-likeness (QED) is 0.686. The number of rotatable bonds is 5. The van der Waals surface area contributed by atoms with Crippen LogP contribution in [0.25, 0.3) is 0 Å². The lowest BCUT2D eigenvalue weighted by Crippen LogP contribution is -2.52. The molecule has 1 aliphatic carbocycles. The number of benzene rings is 1. The lowest BCUT2D eigenvalue weighted by atomic mass is 9.87. The molecule has 1 atom stereocenters. The molecule has 1 aromatic rings. The molecule has 3 fully saturated rings. The summed E-state index contributed by atoms with van der Waals surface area (Å²) in [4.78, 5) is 28.3. The molecule has 34 heavy (non-hydrogen) atoms. The van der Waals surface area contributed by atoms with Gasteiger partial charge in [-0.1, -0.05) is 37.0 Å². The van der Waals surface area contributed by atoms with Crippen LogP contribution in [-0.4, -0.2) is 61.2 Å². The first kappa shape index (κ1) is 25.2. The number of carbonyl (C=O) groups excluding carboxylic acids is 2. The number of sulfonamides is 1. The van der Waals surface area contributed by atoms with Gasteiger partial charge >= 0.3 is 0 Å². The lowest BCUT2D eigenvalue weighted by molar-refractivity contribution is -0.137. The molecule has 1 aromatic carbocycles. The highest BCUT2D eigenvalue weighted by molar-refractivity contribution is 7.89. The normalized spacial score (nSPS) is 23.3. The third-order valence-corrected chi connectivity index (χ3v) is 10.00. The number of amides is 2. The van der Waals surface area contributed by atoms with Crippen molar-refractivity contribution in [2.45, 2.75) is 95.5 Å². The van der Waals surface area contributed by atoms with Gasteiger partial charge in [-0.25, -0.2) is 8.42 Å². The van der Waals surface area contributed by atoms with Gasteiger partial charge in [0.2, 0.25) is 21.8 Å². The molecule has 0 bridgehead atoms. The van der Waals surface area contributed by atoms with Crippen molar-refractivity contribution < 1.29 is 18.0 Å². The third kappa shape index (κ3) is 5.18. The summed E-state index contributed by atoms with van der Waals surface area (Å²) in [7, 11) is -3.76. The average Bonchev–Trinajstić information content (AvgIpc) is 3.30. The van der Waals surface area contributed by atoms with E-state index in [4.69, 9.17) is 0 Å². The maximum Gasteiger partial charge on any atom is 0.244 e. The van der Waals surface area contributed by atoms with Crippen molar-refractivity contribution in [1.29, 1.82) is 0 Å². The maximum absolute atomic E-state index is 13.6. The van der Waals surface area contributed by atoms with Crippen LogP contribution in [0.1, 0.15) is 74.5 Å². The molecule has 2 saturated heterocycles. The van der Waals surface area contributed by atoms with E-state index in [0.29, 0.717) is 37.4 Å². The molecule has 2 amide bonds. The molecule has 2 heterocycles. The summed E-state index contributed by atoms with van der Waals surface area (Å²) in [5.74, 6) is 0.243. The second-order valence-corrected chi connectivity index (χ2v) is 12.3. The van der Waals surface area contributed by atoms with Crippen LogP contribution in [-0.2, 0) is 19.6 Å². The summed E-state index contributed by atoms with van der Waals surface area (Å²) >= 11 is 0. The maximum atomic E-state index is 13.6. The Balaban J connectivity index is 1.37. The third-order valence-electron chi connectivity index (χ3n) is 7.79. The monoisotopic (exact) mass is 489 g/mol. The largest absolute Gasteiger partial charge is 0.352 e. The summed E-state index contributed by atoms with van der Waals surface area (Å²) in [6.45, 7) is 7.28. The summed E-state index contributed by atoms with van der Waals surface area (Å²) in [5.41, 5.74) is 2.47. The number of carbonyl (C=O) groups is 2. The van der Waals surface area contributed by atoms with Gasteiger partial charge < -0.3 is 10.2 Å². The van der Waals surface area contributed by atoms with Gasteiger partial charge in [0.15, 0.2) is 0 Å². The van der Waals surface area contributed by atoms with Crippen LogP contribution in [0.2, 0.25) is 0 Å². The zero-order chi connectivity index (χ0) is 24.5. The van der Waals surface area contributed by atoms with Gasteiger partial charge in [-0.2, -0.15) is 4.31 Å². The second kappa shape index (κ2) is 10.4. The molecule has 1 unspecified atom stereocenters. The first-order valence-electron chi connectivity index (χ1n) is 12.9. The molecular weight excluding hydrogens is 450 g/mol. The first-order valence-corrected chi connectivity index (χ1v) is 14.3. The minimum atomic E-state index is -3.76. The van der Waals surface area contributed by atoms with Gasteiger partial charge in [0, 0.05) is 31.6 Å². The standard InChI is InChI=1S/C26H39N3O4S/c1-18-16-19(2)24(20(3)17-18)34(32,33)29-13-7-10-23(29)25(30)27-22-11-14-28(15-12-22)26(31)21-8-5-4-6-9-21/h16-17,21-23H,4-15H2,1-3H3,(H,27,30). The van der Waals surface area contributed by atoms with Crippen molar-refractivity contribution in [2.24, 2.45) is 5.92 Å². The Hall–Kier alpha value is -1.93. The Morgan fingerprint density at radius 1 is 0.853 bits per heavy atom. The molecule has 0 radical (unpaired) electrons. The van der Waals surface area contributed by atoms with Crippen LogP contribution >= 0.6 is 0 Å². The van der Waals surface area contributed by atoms with Gasteiger partial charge in [0.25, 0.3) is 0 Å². The van der Waals surface area contributed by atoms with Crippen LogP contribution in [0.3, 0.4) is 0 Å². The van der Waals surface area contributed by atoms with E-state index in [1.807, 2.05) is 37.8 Å². The van der Waals surface area contributed by atoms with Crippen LogP contribution in [0.15, 0.2) is 17.0 Å².